The van der Waals surface area contributed by atoms with Crippen LogP contribution in [0.25, 0.3) is 43.1 Å². The molecule has 0 N–H and O–H groups in total. The van der Waals surface area contributed by atoms with Gasteiger partial charge in [0.15, 0.2) is 0 Å². The highest BCUT2D eigenvalue weighted by Crippen LogP contribution is 2.59. The first-order valence-electron chi connectivity index (χ1n) is 30.2. The predicted octanol–water partition coefficient (Wildman–Crippen LogP) is 19.5. The van der Waals surface area contributed by atoms with Crippen LogP contribution in [0.5, 0.6) is 0 Å². The first kappa shape index (κ1) is 50.6. The van der Waals surface area contributed by atoms with Crippen LogP contribution in [0.15, 0.2) is 133 Å². The van der Waals surface area contributed by atoms with E-state index >= 15 is 0 Å². The summed E-state index contributed by atoms with van der Waals surface area (Å²) >= 11 is 2.08. The molecule has 6 aliphatic rings. The maximum absolute atomic E-state index is 2.78. The Morgan fingerprint density at radius 3 is 1.55 bits per heavy atom. The number of rotatable bonds is 3. The molecule has 4 aliphatic carbocycles. The molecule has 0 amide bonds. The molecule has 0 bridgehead atoms. The van der Waals surface area contributed by atoms with Crippen LogP contribution < -0.4 is 25.5 Å². The van der Waals surface area contributed by atoms with Gasteiger partial charge in [-0.25, -0.2) is 0 Å². The summed E-state index contributed by atoms with van der Waals surface area (Å²) in [5.74, 6) is 0. The Bertz CT molecular complexity index is 4190. The van der Waals surface area contributed by atoms with Crippen LogP contribution >= 0.6 is 11.3 Å². The van der Waals surface area contributed by atoms with Crippen molar-refractivity contribution in [2.24, 2.45) is 0 Å². The molecule has 0 saturated carbocycles. The van der Waals surface area contributed by atoms with Gasteiger partial charge in [0.1, 0.15) is 0 Å². The molecule has 0 saturated heterocycles. The van der Waals surface area contributed by atoms with E-state index in [1.807, 2.05) is 0 Å². The topological polar surface area (TPSA) is 6.48 Å². The Balaban J connectivity index is 1.10. The van der Waals surface area contributed by atoms with Gasteiger partial charge in [0.25, 0.3) is 6.71 Å². The zero-order valence-electron chi connectivity index (χ0n) is 50.3. The highest BCUT2D eigenvalue weighted by Gasteiger charge is 2.50. The monoisotopic (exact) mass is 1060 g/mol. The Kier molecular flexibility index (Phi) is 10.3. The number of anilines is 6. The van der Waals surface area contributed by atoms with E-state index in [-0.39, 0.29) is 44.6 Å². The molecule has 15 rings (SSSR count). The van der Waals surface area contributed by atoms with Crippen molar-refractivity contribution < 1.29 is 0 Å². The molecular formula is C76H79BN2S. The lowest BCUT2D eigenvalue weighted by Gasteiger charge is -2.46. The molecule has 8 aromatic carbocycles. The molecule has 4 heteroatoms. The lowest BCUT2D eigenvalue weighted by Crippen LogP contribution is -2.60. The summed E-state index contributed by atoms with van der Waals surface area (Å²) in [5.41, 5.74) is 29.3. The van der Waals surface area contributed by atoms with Crippen molar-refractivity contribution in [3.05, 3.63) is 184 Å². The molecule has 3 heterocycles. The molecule has 2 nitrogen and oxygen atoms in total. The van der Waals surface area contributed by atoms with E-state index in [1.54, 1.807) is 0 Å². The lowest BCUT2D eigenvalue weighted by molar-refractivity contribution is 0.332. The van der Waals surface area contributed by atoms with Crippen LogP contribution in [0, 0.1) is 6.92 Å². The van der Waals surface area contributed by atoms with E-state index < -0.39 is 0 Å². The Hall–Kier alpha value is -6.36. The van der Waals surface area contributed by atoms with Gasteiger partial charge in [0.2, 0.25) is 0 Å². The Morgan fingerprint density at radius 2 is 0.912 bits per heavy atom. The van der Waals surface area contributed by atoms with Crippen LogP contribution in [-0.2, 0) is 37.9 Å². The average molecular weight is 1060 g/mol. The van der Waals surface area contributed by atoms with Crippen molar-refractivity contribution in [3.8, 4) is 22.3 Å². The molecule has 0 unspecified atom stereocenters. The van der Waals surface area contributed by atoms with Gasteiger partial charge in [-0.3, -0.25) is 0 Å². The third kappa shape index (κ3) is 6.96. The molecular weight excluding hydrogens is 984 g/mol. The molecule has 1 aromatic heterocycles. The number of thiophene rings is 1. The summed E-state index contributed by atoms with van der Waals surface area (Å²) in [6.45, 7) is 37.2. The van der Waals surface area contributed by atoms with Crippen molar-refractivity contribution in [2.75, 3.05) is 9.80 Å². The van der Waals surface area contributed by atoms with Crippen LogP contribution in [0.3, 0.4) is 0 Å². The number of aryl methyl sites for hydroxylation is 1. The zero-order chi connectivity index (χ0) is 55.7. The number of nitrogens with zero attached hydrogens (tertiary/aromatic N) is 2. The number of hydrogen-bond acceptors (Lipinski definition) is 3. The summed E-state index contributed by atoms with van der Waals surface area (Å²) in [6.07, 6.45) is 7.06. The van der Waals surface area contributed by atoms with Gasteiger partial charge >= 0.3 is 0 Å². The second-order valence-electron chi connectivity index (χ2n) is 30.2. The van der Waals surface area contributed by atoms with Crippen molar-refractivity contribution in [2.45, 2.75) is 180 Å². The van der Waals surface area contributed by atoms with Crippen molar-refractivity contribution in [3.63, 3.8) is 0 Å². The molecule has 0 radical (unpaired) electrons. The van der Waals surface area contributed by atoms with Crippen LogP contribution in [0.4, 0.5) is 34.1 Å². The maximum Gasteiger partial charge on any atom is 0.264 e. The van der Waals surface area contributed by atoms with E-state index in [2.05, 4.69) is 258 Å². The zero-order valence-corrected chi connectivity index (χ0v) is 51.1. The number of hydrogen-bond donors (Lipinski definition) is 0. The summed E-state index contributed by atoms with van der Waals surface area (Å²) in [4.78, 5) is 5.56. The van der Waals surface area contributed by atoms with E-state index in [0.29, 0.717) is 0 Å². The third-order valence-electron chi connectivity index (χ3n) is 21.8. The SMILES string of the molecule is Cc1cc2c3c(c1)N(c1ccc4c(c1)C(C)(C)CCC4(C)C)c1c(sc4cc5c(cc14)C(C)(C)CCC5(C)C)B3c1cc3c(cc1N2c1cc2c(cc1-c1ccccc1)C(C)(C)CCC2(C)C)-c1cc2ccccc2cc1C3(C)C. The minimum absolute atomic E-state index is 0.00129. The fourth-order valence-corrected chi connectivity index (χ4v) is 17.8. The molecule has 9 aromatic rings. The second-order valence-corrected chi connectivity index (χ2v) is 31.3. The molecule has 0 atom stereocenters. The Labute approximate surface area is 481 Å². The minimum Gasteiger partial charge on any atom is -0.311 e. The average Bonchev–Trinajstić information content (AvgIpc) is 3.50. The fourth-order valence-electron chi connectivity index (χ4n) is 16.5. The first-order valence-corrected chi connectivity index (χ1v) is 31.1. The van der Waals surface area contributed by atoms with Crippen LogP contribution in [0.1, 0.15) is 186 Å². The molecule has 0 spiro atoms. The third-order valence-corrected chi connectivity index (χ3v) is 23.0. The van der Waals surface area contributed by atoms with Crippen molar-refractivity contribution in [1.29, 1.82) is 0 Å². The Morgan fingerprint density at radius 1 is 0.400 bits per heavy atom. The smallest absolute Gasteiger partial charge is 0.264 e. The molecule has 80 heavy (non-hydrogen) atoms. The van der Waals surface area contributed by atoms with Crippen molar-refractivity contribution >= 4 is 88.7 Å². The summed E-state index contributed by atoms with van der Waals surface area (Å²) in [7, 11) is 0. The van der Waals surface area contributed by atoms with Gasteiger partial charge in [-0.2, -0.15) is 0 Å². The van der Waals surface area contributed by atoms with Gasteiger partial charge in [-0.1, -0.05) is 164 Å². The van der Waals surface area contributed by atoms with E-state index in [9.17, 15) is 0 Å². The summed E-state index contributed by atoms with van der Waals surface area (Å²) < 4.78 is 2.87. The van der Waals surface area contributed by atoms with E-state index in [0.717, 1.165) is 6.42 Å². The van der Waals surface area contributed by atoms with Crippen LogP contribution in [0.2, 0.25) is 0 Å². The highest BCUT2D eigenvalue weighted by molar-refractivity contribution is 7.33. The van der Waals surface area contributed by atoms with Gasteiger partial charge < -0.3 is 9.80 Å². The van der Waals surface area contributed by atoms with Gasteiger partial charge in [0, 0.05) is 48.6 Å². The number of fused-ring (bicyclic) bond motifs is 13. The van der Waals surface area contributed by atoms with Gasteiger partial charge in [-0.15, -0.1) is 11.3 Å². The fraction of sp³-hybridized carbons (Fsp3) is 0.368. The van der Waals surface area contributed by atoms with Crippen LogP contribution in [-0.4, -0.2) is 6.71 Å². The lowest BCUT2D eigenvalue weighted by atomic mass is 9.36. The summed E-state index contributed by atoms with van der Waals surface area (Å²) in [6, 6.07) is 54.2. The van der Waals surface area contributed by atoms with Crippen molar-refractivity contribution in [1.82, 2.24) is 0 Å². The minimum atomic E-state index is -0.217. The molecule has 402 valence electrons. The highest BCUT2D eigenvalue weighted by atomic mass is 32.1. The number of benzene rings is 8. The van der Waals surface area contributed by atoms with Gasteiger partial charge in [0.05, 0.1) is 11.4 Å². The largest absolute Gasteiger partial charge is 0.311 e. The normalized spacial score (nSPS) is 20.3. The quantitative estimate of drug-likeness (QED) is 0.163. The second kappa shape index (κ2) is 16.2. The summed E-state index contributed by atoms with van der Waals surface area (Å²) in [5, 5.41) is 4.01. The van der Waals surface area contributed by atoms with Gasteiger partial charge in [-0.05, 0) is 233 Å². The maximum atomic E-state index is 2.78. The standard InChI is InChI=1S/C76H79BN2S/c1-44-33-64-67-65(34-44)79(62-42-59-57(72(6,7)29-31-74(59,10)11)38-49(62)45-21-17-16-18-22-45)63-40-51-50-35-46-23-19-20-24-47(46)36-54(50)76(14,15)55(51)41-61(63)77(67)69-68(52-39-58-60(43-66(52)80-69)75(12,13)32-30-73(58,8)9)78(64)48-25-26-53-56(37-48)71(4,5)28-27-70(53,2)3/h16-26,33-43H,27-32H2,1-15H3. The predicted molar refractivity (Wildman–Crippen MR) is 347 cm³/mol. The van der Waals surface area contributed by atoms with E-state index in [4.69, 9.17) is 0 Å². The molecule has 2 aliphatic heterocycles. The van der Waals surface area contributed by atoms with E-state index in [1.165, 1.54) is 175 Å². The molecule has 0 fully saturated rings. The first-order chi connectivity index (χ1) is 37.8.